The third kappa shape index (κ3) is 2.59. The molecule has 4 nitrogen and oxygen atoms in total. The molecule has 0 saturated heterocycles. The molecule has 0 bridgehead atoms. The number of rotatable bonds is 4. The van der Waals surface area contributed by atoms with Crippen LogP contribution < -0.4 is 0 Å². The predicted octanol–water partition coefficient (Wildman–Crippen LogP) is 1.95. The number of imidazole rings is 1. The third-order valence-electron chi connectivity index (χ3n) is 3.10. The summed E-state index contributed by atoms with van der Waals surface area (Å²) in [6, 6.07) is 10.0. The molecule has 2 aromatic rings. The number of hydrogen-bond acceptors (Lipinski definition) is 2. The second-order valence-electron chi connectivity index (χ2n) is 4.35. The highest BCUT2D eigenvalue weighted by atomic mass is 16.4. The first-order chi connectivity index (χ1) is 8.58. The summed E-state index contributed by atoms with van der Waals surface area (Å²) in [6.07, 6.45) is 0.701. The Morgan fingerprint density at radius 1 is 1.33 bits per heavy atom. The summed E-state index contributed by atoms with van der Waals surface area (Å²) in [7, 11) is 1.92. The molecule has 0 aliphatic rings. The minimum absolute atomic E-state index is 0.0194. The minimum atomic E-state index is -0.845. The van der Waals surface area contributed by atoms with E-state index in [1.54, 1.807) is 0 Å². The largest absolute Gasteiger partial charge is 0.481 e. The van der Waals surface area contributed by atoms with Gasteiger partial charge >= 0.3 is 5.97 Å². The van der Waals surface area contributed by atoms with Crippen LogP contribution >= 0.6 is 0 Å². The van der Waals surface area contributed by atoms with Crippen LogP contribution in [0.2, 0.25) is 0 Å². The van der Waals surface area contributed by atoms with E-state index >= 15 is 0 Å². The molecule has 0 fully saturated rings. The number of benzene rings is 1. The molecule has 1 aromatic heterocycles. The lowest BCUT2D eigenvalue weighted by atomic mass is 10.1. The zero-order chi connectivity index (χ0) is 13.1. The summed E-state index contributed by atoms with van der Waals surface area (Å²) in [6.45, 7) is 1.90. The van der Waals surface area contributed by atoms with E-state index < -0.39 is 5.97 Å². The highest BCUT2D eigenvalue weighted by Crippen LogP contribution is 2.14. The van der Waals surface area contributed by atoms with Crippen LogP contribution in [-0.4, -0.2) is 20.6 Å². The van der Waals surface area contributed by atoms with Crippen molar-refractivity contribution in [3.05, 3.63) is 53.1 Å². The molecule has 1 aromatic carbocycles. The van der Waals surface area contributed by atoms with Gasteiger partial charge in [-0.05, 0) is 12.5 Å². The predicted molar refractivity (Wildman–Crippen MR) is 68.5 cm³/mol. The summed E-state index contributed by atoms with van der Waals surface area (Å²) in [5.41, 5.74) is 2.74. The number of hydrogen-bond donors (Lipinski definition) is 1. The summed E-state index contributed by atoms with van der Waals surface area (Å²) < 4.78 is 1.96. The Labute approximate surface area is 106 Å². The van der Waals surface area contributed by atoms with Gasteiger partial charge in [0.25, 0.3) is 0 Å². The number of carboxylic acids is 1. The van der Waals surface area contributed by atoms with Crippen molar-refractivity contribution < 1.29 is 9.90 Å². The molecule has 0 atom stereocenters. The molecule has 94 valence electrons. The Balaban J connectivity index is 2.26. The highest BCUT2D eigenvalue weighted by molar-refractivity contribution is 5.69. The molecule has 0 aliphatic heterocycles. The van der Waals surface area contributed by atoms with E-state index in [4.69, 9.17) is 5.11 Å². The number of aliphatic carboxylic acids is 1. The van der Waals surface area contributed by atoms with Crippen molar-refractivity contribution >= 4 is 5.97 Å². The monoisotopic (exact) mass is 244 g/mol. The van der Waals surface area contributed by atoms with Gasteiger partial charge in [0.05, 0.1) is 12.1 Å². The summed E-state index contributed by atoms with van der Waals surface area (Å²) >= 11 is 0. The Bertz CT molecular complexity index is 559. The molecule has 1 N–H and O–H groups in total. The van der Waals surface area contributed by atoms with E-state index in [0.717, 1.165) is 17.9 Å². The van der Waals surface area contributed by atoms with Gasteiger partial charge in [-0.2, -0.15) is 0 Å². The lowest BCUT2D eigenvalue weighted by Crippen LogP contribution is -2.02. The Kier molecular flexibility index (Phi) is 3.46. The van der Waals surface area contributed by atoms with Gasteiger partial charge in [-0.1, -0.05) is 30.3 Å². The average molecular weight is 244 g/mol. The summed E-state index contributed by atoms with van der Waals surface area (Å²) in [5, 5.41) is 8.83. The van der Waals surface area contributed by atoms with Crippen molar-refractivity contribution in [1.82, 2.24) is 9.55 Å². The van der Waals surface area contributed by atoms with Gasteiger partial charge in [0, 0.05) is 19.2 Å². The molecule has 0 unspecified atom stereocenters. The average Bonchev–Trinajstić information content (AvgIpc) is 2.58. The van der Waals surface area contributed by atoms with Crippen LogP contribution in [0.5, 0.6) is 0 Å². The first kappa shape index (κ1) is 12.4. The summed E-state index contributed by atoms with van der Waals surface area (Å²) in [5.74, 6) is 0.0532. The molecule has 0 aliphatic carbocycles. The van der Waals surface area contributed by atoms with Crippen LogP contribution in [0.25, 0.3) is 0 Å². The first-order valence-corrected chi connectivity index (χ1v) is 5.84. The fourth-order valence-corrected chi connectivity index (χ4v) is 1.95. The SMILES string of the molecule is Cc1c(CC(=O)O)nc(Cc2ccccc2)n1C. The maximum Gasteiger partial charge on any atom is 0.309 e. The third-order valence-corrected chi connectivity index (χ3v) is 3.10. The standard InChI is InChI=1S/C14H16N2O2/c1-10-12(9-14(17)18)15-13(16(10)2)8-11-6-4-3-5-7-11/h3-7H,8-9H2,1-2H3,(H,17,18). The Morgan fingerprint density at radius 2 is 2.00 bits per heavy atom. The Morgan fingerprint density at radius 3 is 2.61 bits per heavy atom. The number of aromatic nitrogens is 2. The van der Waals surface area contributed by atoms with E-state index in [9.17, 15) is 4.79 Å². The van der Waals surface area contributed by atoms with Crippen molar-refractivity contribution in [3.63, 3.8) is 0 Å². The highest BCUT2D eigenvalue weighted by Gasteiger charge is 2.13. The lowest BCUT2D eigenvalue weighted by Gasteiger charge is -2.03. The van der Waals surface area contributed by atoms with Crippen molar-refractivity contribution in [2.75, 3.05) is 0 Å². The minimum Gasteiger partial charge on any atom is -0.481 e. The Hall–Kier alpha value is -2.10. The maximum atomic E-state index is 10.8. The van der Waals surface area contributed by atoms with Gasteiger partial charge in [-0.3, -0.25) is 4.79 Å². The van der Waals surface area contributed by atoms with Crippen LogP contribution in [0.15, 0.2) is 30.3 Å². The van der Waals surface area contributed by atoms with Gasteiger partial charge in [-0.15, -0.1) is 0 Å². The van der Waals surface area contributed by atoms with E-state index in [1.165, 1.54) is 5.56 Å². The van der Waals surface area contributed by atoms with Crippen LogP contribution in [0.3, 0.4) is 0 Å². The summed E-state index contributed by atoms with van der Waals surface area (Å²) in [4.78, 5) is 15.2. The molecule has 0 amide bonds. The normalized spacial score (nSPS) is 10.6. The van der Waals surface area contributed by atoms with Gasteiger partial charge in [-0.25, -0.2) is 4.98 Å². The number of nitrogens with zero attached hydrogens (tertiary/aromatic N) is 2. The molecule has 18 heavy (non-hydrogen) atoms. The molecule has 0 radical (unpaired) electrons. The molecule has 0 saturated carbocycles. The van der Waals surface area contributed by atoms with Crippen molar-refractivity contribution in [1.29, 1.82) is 0 Å². The number of carbonyl (C=O) groups is 1. The van der Waals surface area contributed by atoms with Crippen LogP contribution in [-0.2, 0) is 24.7 Å². The lowest BCUT2D eigenvalue weighted by molar-refractivity contribution is -0.136. The van der Waals surface area contributed by atoms with Gasteiger partial charge < -0.3 is 9.67 Å². The van der Waals surface area contributed by atoms with Gasteiger partial charge in [0.2, 0.25) is 0 Å². The number of carboxylic acid groups (broad SMARTS) is 1. The van der Waals surface area contributed by atoms with E-state index in [2.05, 4.69) is 4.98 Å². The molecular formula is C14H16N2O2. The zero-order valence-electron chi connectivity index (χ0n) is 10.6. The quantitative estimate of drug-likeness (QED) is 0.894. The van der Waals surface area contributed by atoms with Crippen molar-refractivity contribution in [2.24, 2.45) is 7.05 Å². The fraction of sp³-hybridized carbons (Fsp3) is 0.286. The first-order valence-electron chi connectivity index (χ1n) is 5.84. The molecular weight excluding hydrogens is 228 g/mol. The zero-order valence-corrected chi connectivity index (χ0v) is 10.6. The molecule has 4 heteroatoms. The molecule has 0 spiro atoms. The fourth-order valence-electron chi connectivity index (χ4n) is 1.95. The topological polar surface area (TPSA) is 55.1 Å². The maximum absolute atomic E-state index is 10.8. The van der Waals surface area contributed by atoms with Crippen molar-refractivity contribution in [3.8, 4) is 0 Å². The van der Waals surface area contributed by atoms with E-state index in [-0.39, 0.29) is 6.42 Å². The smallest absolute Gasteiger partial charge is 0.309 e. The molecule has 1 heterocycles. The van der Waals surface area contributed by atoms with E-state index in [0.29, 0.717) is 5.69 Å². The molecule has 2 rings (SSSR count). The van der Waals surface area contributed by atoms with Crippen LogP contribution in [0.4, 0.5) is 0 Å². The van der Waals surface area contributed by atoms with Gasteiger partial charge in [0.15, 0.2) is 0 Å². The van der Waals surface area contributed by atoms with Gasteiger partial charge in [0.1, 0.15) is 5.82 Å². The van der Waals surface area contributed by atoms with Crippen LogP contribution in [0, 0.1) is 6.92 Å². The van der Waals surface area contributed by atoms with Crippen LogP contribution in [0.1, 0.15) is 22.8 Å². The van der Waals surface area contributed by atoms with E-state index in [1.807, 2.05) is 48.9 Å². The second-order valence-corrected chi connectivity index (χ2v) is 4.35. The van der Waals surface area contributed by atoms with Crippen molar-refractivity contribution in [2.45, 2.75) is 19.8 Å². The second kappa shape index (κ2) is 5.04.